The van der Waals surface area contributed by atoms with Crippen LogP contribution in [0.15, 0.2) is 36.5 Å². The topological polar surface area (TPSA) is 75.7 Å². The maximum atomic E-state index is 12.5. The number of benzene rings is 1. The summed E-state index contributed by atoms with van der Waals surface area (Å²) in [6.07, 6.45) is -3.29. The second-order valence-corrected chi connectivity index (χ2v) is 5.64. The van der Waals surface area contributed by atoms with E-state index in [9.17, 15) is 13.2 Å². The number of alkyl halides is 3. The molecule has 0 unspecified atom stereocenters. The van der Waals surface area contributed by atoms with E-state index in [-0.39, 0.29) is 6.61 Å². The Morgan fingerprint density at radius 3 is 2.62 bits per heavy atom. The SMILES string of the molecule is CNc1n[nH]nc1-c1cc(C)cc(OCc2ccc(C(F)(F)F)nc2)c1. The summed E-state index contributed by atoms with van der Waals surface area (Å²) < 4.78 is 43.3. The van der Waals surface area contributed by atoms with Crippen LogP contribution in [0.25, 0.3) is 11.3 Å². The van der Waals surface area contributed by atoms with Gasteiger partial charge in [0.15, 0.2) is 5.82 Å². The van der Waals surface area contributed by atoms with E-state index < -0.39 is 11.9 Å². The van der Waals surface area contributed by atoms with Gasteiger partial charge >= 0.3 is 6.18 Å². The molecule has 2 heterocycles. The van der Waals surface area contributed by atoms with Crippen LogP contribution in [0.3, 0.4) is 0 Å². The zero-order valence-electron chi connectivity index (χ0n) is 14.1. The van der Waals surface area contributed by atoms with E-state index in [1.54, 1.807) is 13.1 Å². The number of hydrogen-bond donors (Lipinski definition) is 2. The number of aryl methyl sites for hydroxylation is 1. The Balaban J connectivity index is 1.76. The smallest absolute Gasteiger partial charge is 0.433 e. The van der Waals surface area contributed by atoms with Crippen LogP contribution >= 0.6 is 0 Å². The third-order valence-corrected chi connectivity index (χ3v) is 3.63. The summed E-state index contributed by atoms with van der Waals surface area (Å²) in [5.41, 5.74) is 2.03. The summed E-state index contributed by atoms with van der Waals surface area (Å²) in [6, 6.07) is 7.85. The van der Waals surface area contributed by atoms with Crippen LogP contribution in [-0.4, -0.2) is 27.4 Å². The van der Waals surface area contributed by atoms with Crippen molar-refractivity contribution in [1.29, 1.82) is 0 Å². The molecule has 0 aliphatic carbocycles. The lowest BCUT2D eigenvalue weighted by Crippen LogP contribution is -2.08. The summed E-state index contributed by atoms with van der Waals surface area (Å²) in [5, 5.41) is 13.6. The van der Waals surface area contributed by atoms with Gasteiger partial charge in [0.25, 0.3) is 0 Å². The van der Waals surface area contributed by atoms with Gasteiger partial charge in [0, 0.05) is 24.4 Å². The summed E-state index contributed by atoms with van der Waals surface area (Å²) >= 11 is 0. The van der Waals surface area contributed by atoms with Crippen molar-refractivity contribution in [1.82, 2.24) is 20.4 Å². The number of aromatic amines is 1. The lowest BCUT2D eigenvalue weighted by atomic mass is 10.1. The van der Waals surface area contributed by atoms with Crippen LogP contribution in [0.2, 0.25) is 0 Å². The van der Waals surface area contributed by atoms with Gasteiger partial charge in [-0.15, -0.1) is 5.10 Å². The summed E-state index contributed by atoms with van der Waals surface area (Å²) in [5.74, 6) is 1.18. The number of hydrogen-bond acceptors (Lipinski definition) is 5. The minimum atomic E-state index is -4.45. The Morgan fingerprint density at radius 2 is 1.96 bits per heavy atom. The highest BCUT2D eigenvalue weighted by molar-refractivity contribution is 5.72. The highest BCUT2D eigenvalue weighted by Gasteiger charge is 2.31. The lowest BCUT2D eigenvalue weighted by molar-refractivity contribution is -0.141. The molecular weight excluding hydrogens is 347 g/mol. The first-order valence-electron chi connectivity index (χ1n) is 7.72. The van der Waals surface area contributed by atoms with Gasteiger partial charge in [-0.3, -0.25) is 4.98 Å². The molecule has 0 spiro atoms. The molecule has 26 heavy (non-hydrogen) atoms. The fourth-order valence-corrected chi connectivity index (χ4v) is 2.42. The molecule has 0 aliphatic heterocycles. The normalized spacial score (nSPS) is 11.4. The van der Waals surface area contributed by atoms with Crippen molar-refractivity contribution in [2.75, 3.05) is 12.4 Å². The summed E-state index contributed by atoms with van der Waals surface area (Å²) in [4.78, 5) is 3.43. The molecule has 136 valence electrons. The standard InChI is InChI=1S/C17H16F3N5O/c1-10-5-12(15-16(21-2)24-25-23-15)7-13(6-10)26-9-11-3-4-14(22-8-11)17(18,19)20/h3-8H,9H2,1-2H3,(H2,21,23,24,25). The number of H-pyrrole nitrogens is 1. The Bertz CT molecular complexity index is 890. The molecule has 1 aromatic carbocycles. The highest BCUT2D eigenvalue weighted by atomic mass is 19.4. The predicted octanol–water partition coefficient (Wildman–Crippen LogP) is 3.81. The molecule has 0 fully saturated rings. The van der Waals surface area contributed by atoms with Gasteiger partial charge in [-0.05, 0) is 36.8 Å². The molecule has 2 aromatic heterocycles. The second kappa shape index (κ2) is 7.03. The van der Waals surface area contributed by atoms with Crippen molar-refractivity contribution < 1.29 is 17.9 Å². The van der Waals surface area contributed by atoms with Crippen LogP contribution in [-0.2, 0) is 12.8 Å². The molecule has 0 aliphatic rings. The molecule has 2 N–H and O–H groups in total. The van der Waals surface area contributed by atoms with E-state index in [1.807, 2.05) is 19.1 Å². The molecule has 6 nitrogen and oxygen atoms in total. The van der Waals surface area contributed by atoms with Crippen LogP contribution < -0.4 is 10.1 Å². The minimum Gasteiger partial charge on any atom is -0.489 e. The number of pyridine rings is 1. The summed E-state index contributed by atoms with van der Waals surface area (Å²) in [7, 11) is 1.74. The lowest BCUT2D eigenvalue weighted by Gasteiger charge is -2.10. The average Bonchev–Trinajstić information content (AvgIpc) is 3.08. The molecule has 3 rings (SSSR count). The Hall–Kier alpha value is -3.10. The first-order valence-corrected chi connectivity index (χ1v) is 7.72. The van der Waals surface area contributed by atoms with Gasteiger partial charge in [-0.25, -0.2) is 0 Å². The van der Waals surface area contributed by atoms with Crippen LogP contribution in [0.4, 0.5) is 19.0 Å². The Kier molecular flexibility index (Phi) is 4.79. The van der Waals surface area contributed by atoms with E-state index >= 15 is 0 Å². The van der Waals surface area contributed by atoms with Crippen LogP contribution in [0.5, 0.6) is 5.75 Å². The second-order valence-electron chi connectivity index (χ2n) is 5.64. The first-order chi connectivity index (χ1) is 12.4. The van der Waals surface area contributed by atoms with Crippen LogP contribution in [0.1, 0.15) is 16.8 Å². The molecule has 0 saturated heterocycles. The van der Waals surface area contributed by atoms with Gasteiger partial charge < -0.3 is 10.1 Å². The quantitative estimate of drug-likeness (QED) is 0.721. The Morgan fingerprint density at radius 1 is 1.15 bits per heavy atom. The fraction of sp³-hybridized carbons (Fsp3) is 0.235. The third-order valence-electron chi connectivity index (χ3n) is 3.63. The zero-order chi connectivity index (χ0) is 18.7. The van der Waals surface area contributed by atoms with Crippen molar-refractivity contribution in [3.05, 3.63) is 53.3 Å². The number of nitrogens with one attached hydrogen (secondary N) is 2. The van der Waals surface area contributed by atoms with Crippen molar-refractivity contribution >= 4 is 5.82 Å². The van der Waals surface area contributed by atoms with Gasteiger partial charge in [0.05, 0.1) is 0 Å². The Labute approximate surface area is 147 Å². The molecule has 0 radical (unpaired) electrons. The van der Waals surface area contributed by atoms with Gasteiger partial charge in [-0.1, -0.05) is 6.07 Å². The van der Waals surface area contributed by atoms with Crippen molar-refractivity contribution in [2.24, 2.45) is 0 Å². The van der Waals surface area contributed by atoms with E-state index in [1.165, 1.54) is 6.07 Å². The summed E-state index contributed by atoms with van der Waals surface area (Å²) in [6.45, 7) is 2.01. The number of halogens is 3. The van der Waals surface area contributed by atoms with Crippen molar-refractivity contribution in [2.45, 2.75) is 19.7 Å². The minimum absolute atomic E-state index is 0.103. The number of ether oxygens (including phenoxy) is 1. The number of anilines is 1. The van der Waals surface area contributed by atoms with E-state index in [0.29, 0.717) is 22.8 Å². The molecular formula is C17H16F3N5O. The zero-order valence-corrected chi connectivity index (χ0v) is 14.1. The molecule has 0 saturated carbocycles. The maximum Gasteiger partial charge on any atom is 0.433 e. The number of nitrogens with zero attached hydrogens (tertiary/aromatic N) is 3. The predicted molar refractivity (Wildman–Crippen MR) is 89.7 cm³/mol. The van der Waals surface area contributed by atoms with Gasteiger partial charge in [0.2, 0.25) is 0 Å². The maximum absolute atomic E-state index is 12.5. The number of rotatable bonds is 5. The molecule has 0 atom stereocenters. The first kappa shape index (κ1) is 17.7. The van der Waals surface area contributed by atoms with Gasteiger partial charge in [-0.2, -0.15) is 23.5 Å². The number of aromatic nitrogens is 4. The third kappa shape index (κ3) is 3.93. The van der Waals surface area contributed by atoms with Crippen LogP contribution in [0, 0.1) is 6.92 Å². The molecule has 0 amide bonds. The highest BCUT2D eigenvalue weighted by Crippen LogP contribution is 2.29. The monoisotopic (exact) mass is 363 g/mol. The average molecular weight is 363 g/mol. The molecule has 3 aromatic rings. The largest absolute Gasteiger partial charge is 0.489 e. The van der Waals surface area contributed by atoms with E-state index in [0.717, 1.165) is 23.4 Å². The molecule has 9 heteroatoms. The molecule has 0 bridgehead atoms. The fourth-order valence-electron chi connectivity index (χ4n) is 2.42. The van der Waals surface area contributed by atoms with Crippen molar-refractivity contribution in [3.8, 4) is 17.0 Å². The van der Waals surface area contributed by atoms with E-state index in [4.69, 9.17) is 4.74 Å². The van der Waals surface area contributed by atoms with Crippen molar-refractivity contribution in [3.63, 3.8) is 0 Å². The van der Waals surface area contributed by atoms with Gasteiger partial charge in [0.1, 0.15) is 23.7 Å². The van der Waals surface area contributed by atoms with E-state index in [2.05, 4.69) is 25.7 Å².